The molecule has 0 aromatic heterocycles. The zero-order valence-corrected chi connectivity index (χ0v) is 8.11. The van der Waals surface area contributed by atoms with Crippen molar-refractivity contribution in [3.05, 3.63) is 34.1 Å². The van der Waals surface area contributed by atoms with Gasteiger partial charge in [-0.2, -0.15) is 13.2 Å². The Morgan fingerprint density at radius 2 is 2.00 bits per heavy atom. The number of alkyl halides is 3. The summed E-state index contributed by atoms with van der Waals surface area (Å²) in [5.74, 6) is -1.31. The standard InChI is InChI=1S/C8H6F4N2O3/c9-6-3-5(14(16)17)1-2-7(6)13(15)4-8(10,11)12/h1-3,15H,4H2. The van der Waals surface area contributed by atoms with Gasteiger partial charge in [0.25, 0.3) is 5.69 Å². The normalized spacial score (nSPS) is 11.4. The van der Waals surface area contributed by atoms with Gasteiger partial charge in [0, 0.05) is 6.07 Å². The lowest BCUT2D eigenvalue weighted by atomic mass is 10.2. The molecule has 0 aliphatic carbocycles. The second kappa shape index (κ2) is 4.53. The van der Waals surface area contributed by atoms with Gasteiger partial charge in [-0.05, 0) is 6.07 Å². The van der Waals surface area contributed by atoms with Crippen LogP contribution in [0, 0.1) is 15.9 Å². The van der Waals surface area contributed by atoms with Gasteiger partial charge in [0.2, 0.25) is 0 Å². The summed E-state index contributed by atoms with van der Waals surface area (Å²) in [6.45, 7) is -1.78. The van der Waals surface area contributed by atoms with Crippen LogP contribution in [0.3, 0.4) is 0 Å². The molecule has 0 radical (unpaired) electrons. The minimum atomic E-state index is -4.72. The number of halogens is 4. The zero-order valence-electron chi connectivity index (χ0n) is 8.11. The van der Waals surface area contributed by atoms with Gasteiger partial charge in [-0.1, -0.05) is 0 Å². The SMILES string of the molecule is O=[N+]([O-])c1ccc(N(O)CC(F)(F)F)c(F)c1. The highest BCUT2D eigenvalue weighted by atomic mass is 19.4. The Morgan fingerprint density at radius 1 is 1.41 bits per heavy atom. The highest BCUT2D eigenvalue weighted by Crippen LogP contribution is 2.25. The molecule has 0 saturated heterocycles. The van der Waals surface area contributed by atoms with E-state index in [1.165, 1.54) is 0 Å². The second-order valence-electron chi connectivity index (χ2n) is 3.07. The molecule has 0 unspecified atom stereocenters. The third-order valence-corrected chi connectivity index (χ3v) is 1.75. The fourth-order valence-electron chi connectivity index (χ4n) is 1.07. The van der Waals surface area contributed by atoms with Crippen molar-refractivity contribution in [2.45, 2.75) is 6.18 Å². The van der Waals surface area contributed by atoms with Crippen LogP contribution in [-0.2, 0) is 0 Å². The average Bonchev–Trinajstić information content (AvgIpc) is 2.14. The third kappa shape index (κ3) is 3.55. The lowest BCUT2D eigenvalue weighted by molar-refractivity contribution is -0.385. The molecule has 0 aliphatic rings. The highest BCUT2D eigenvalue weighted by molar-refractivity contribution is 5.50. The van der Waals surface area contributed by atoms with E-state index in [1.807, 2.05) is 0 Å². The quantitative estimate of drug-likeness (QED) is 0.511. The summed E-state index contributed by atoms with van der Waals surface area (Å²) in [4.78, 5) is 9.34. The molecule has 0 saturated carbocycles. The van der Waals surface area contributed by atoms with Crippen LogP contribution in [0.1, 0.15) is 0 Å². The Kier molecular flexibility index (Phi) is 3.51. The molecule has 0 bridgehead atoms. The van der Waals surface area contributed by atoms with Gasteiger partial charge >= 0.3 is 6.18 Å². The summed E-state index contributed by atoms with van der Waals surface area (Å²) in [6.07, 6.45) is -4.72. The largest absolute Gasteiger partial charge is 0.408 e. The fraction of sp³-hybridized carbons (Fsp3) is 0.250. The number of nitro benzene ring substituents is 1. The van der Waals surface area contributed by atoms with Crippen LogP contribution in [0.2, 0.25) is 0 Å². The Hall–Kier alpha value is -1.90. The summed E-state index contributed by atoms with van der Waals surface area (Å²) in [6, 6.07) is 1.91. The lowest BCUT2D eigenvalue weighted by Crippen LogP contribution is -2.31. The van der Waals surface area contributed by atoms with Gasteiger partial charge in [-0.3, -0.25) is 15.3 Å². The molecule has 1 aromatic carbocycles. The molecule has 1 rings (SSSR count). The van der Waals surface area contributed by atoms with Gasteiger partial charge in [-0.15, -0.1) is 0 Å². The Bertz CT molecular complexity index is 435. The molecule has 0 aliphatic heterocycles. The second-order valence-corrected chi connectivity index (χ2v) is 3.07. The van der Waals surface area contributed by atoms with Crippen LogP contribution in [-0.4, -0.2) is 22.9 Å². The van der Waals surface area contributed by atoms with Crippen LogP contribution in [0.25, 0.3) is 0 Å². The number of non-ortho nitro benzene ring substituents is 1. The van der Waals surface area contributed by atoms with Crippen molar-refractivity contribution >= 4 is 11.4 Å². The Balaban J connectivity index is 2.96. The summed E-state index contributed by atoms with van der Waals surface area (Å²) in [5, 5.41) is 18.9. The molecule has 5 nitrogen and oxygen atoms in total. The molecular weight excluding hydrogens is 248 g/mol. The van der Waals surface area contributed by atoms with E-state index in [0.29, 0.717) is 12.1 Å². The van der Waals surface area contributed by atoms with Crippen molar-refractivity contribution in [2.75, 3.05) is 11.6 Å². The molecule has 1 N–H and O–H groups in total. The van der Waals surface area contributed by atoms with E-state index in [0.717, 1.165) is 6.07 Å². The van der Waals surface area contributed by atoms with Crippen molar-refractivity contribution in [3.8, 4) is 0 Å². The molecular formula is C8H6F4N2O3. The van der Waals surface area contributed by atoms with Gasteiger partial charge in [0.05, 0.1) is 16.7 Å². The Labute approximate surface area is 92.0 Å². The molecule has 0 amide bonds. The van der Waals surface area contributed by atoms with Crippen molar-refractivity contribution in [2.24, 2.45) is 0 Å². The predicted octanol–water partition coefficient (Wildman–Crippen LogP) is 2.49. The van der Waals surface area contributed by atoms with Gasteiger partial charge in [0.15, 0.2) is 5.82 Å². The summed E-state index contributed by atoms with van der Waals surface area (Å²) >= 11 is 0. The molecule has 0 heterocycles. The van der Waals surface area contributed by atoms with Gasteiger partial charge in [0.1, 0.15) is 6.54 Å². The van der Waals surface area contributed by atoms with Crippen LogP contribution in [0.15, 0.2) is 18.2 Å². The van der Waals surface area contributed by atoms with Crippen molar-refractivity contribution in [1.82, 2.24) is 0 Å². The smallest absolute Gasteiger partial charge is 0.288 e. The molecule has 0 fully saturated rings. The molecule has 1 aromatic rings. The first-order valence-corrected chi connectivity index (χ1v) is 4.18. The minimum Gasteiger partial charge on any atom is -0.288 e. The average molecular weight is 254 g/mol. The van der Waals surface area contributed by atoms with Crippen molar-refractivity contribution in [1.29, 1.82) is 0 Å². The van der Waals surface area contributed by atoms with E-state index in [1.54, 1.807) is 0 Å². The van der Waals surface area contributed by atoms with Crippen LogP contribution < -0.4 is 5.06 Å². The van der Waals surface area contributed by atoms with Crippen molar-refractivity contribution in [3.63, 3.8) is 0 Å². The third-order valence-electron chi connectivity index (χ3n) is 1.75. The maximum atomic E-state index is 13.2. The van der Waals surface area contributed by atoms with E-state index in [4.69, 9.17) is 5.21 Å². The highest BCUT2D eigenvalue weighted by Gasteiger charge is 2.31. The first-order chi connectivity index (χ1) is 7.70. The molecule has 9 heteroatoms. The van der Waals surface area contributed by atoms with E-state index in [9.17, 15) is 27.7 Å². The molecule has 0 spiro atoms. The first kappa shape index (κ1) is 13.2. The number of hydrogen-bond donors (Lipinski definition) is 1. The van der Waals surface area contributed by atoms with E-state index < -0.39 is 34.8 Å². The fourth-order valence-corrected chi connectivity index (χ4v) is 1.07. The maximum absolute atomic E-state index is 13.2. The van der Waals surface area contributed by atoms with Crippen molar-refractivity contribution < 1.29 is 27.7 Å². The van der Waals surface area contributed by atoms with Gasteiger partial charge in [-0.25, -0.2) is 9.45 Å². The zero-order chi connectivity index (χ0) is 13.2. The van der Waals surface area contributed by atoms with Crippen LogP contribution >= 0.6 is 0 Å². The summed E-state index contributed by atoms with van der Waals surface area (Å²) in [5.41, 5.74) is -1.40. The number of benzene rings is 1. The summed E-state index contributed by atoms with van der Waals surface area (Å²) < 4.78 is 48.9. The topological polar surface area (TPSA) is 66.6 Å². The van der Waals surface area contributed by atoms with Gasteiger partial charge < -0.3 is 0 Å². The lowest BCUT2D eigenvalue weighted by Gasteiger charge is -2.18. The van der Waals surface area contributed by atoms with E-state index >= 15 is 0 Å². The predicted molar refractivity (Wildman–Crippen MR) is 48.2 cm³/mol. The maximum Gasteiger partial charge on any atom is 0.408 e. The monoisotopic (exact) mass is 254 g/mol. The molecule has 17 heavy (non-hydrogen) atoms. The number of nitrogens with zero attached hydrogens (tertiary/aromatic N) is 2. The number of nitro groups is 1. The van der Waals surface area contributed by atoms with E-state index in [2.05, 4.69) is 0 Å². The molecule has 94 valence electrons. The Morgan fingerprint density at radius 3 is 2.41 bits per heavy atom. The molecule has 0 atom stereocenters. The number of rotatable bonds is 3. The van der Waals surface area contributed by atoms with Crippen LogP contribution in [0.5, 0.6) is 0 Å². The van der Waals surface area contributed by atoms with E-state index in [-0.39, 0.29) is 5.06 Å². The van der Waals surface area contributed by atoms with Crippen LogP contribution in [0.4, 0.5) is 28.9 Å². The summed E-state index contributed by atoms with van der Waals surface area (Å²) in [7, 11) is 0. The number of hydroxylamine groups is 1. The minimum absolute atomic E-state index is 0.362. The number of anilines is 1. The first-order valence-electron chi connectivity index (χ1n) is 4.18. The number of hydrogen-bond acceptors (Lipinski definition) is 4.